The van der Waals surface area contributed by atoms with Crippen molar-refractivity contribution in [2.75, 3.05) is 60.1 Å². The van der Waals surface area contributed by atoms with Crippen LogP contribution in [0.3, 0.4) is 0 Å². The highest BCUT2D eigenvalue weighted by Crippen LogP contribution is 2.43. The Kier molecular flexibility index (Phi) is 5.47. The van der Waals surface area contributed by atoms with Crippen LogP contribution < -0.4 is 4.74 Å². The summed E-state index contributed by atoms with van der Waals surface area (Å²) in [5.41, 5.74) is 0.408. The maximum absolute atomic E-state index is 5.89. The summed E-state index contributed by atoms with van der Waals surface area (Å²) >= 11 is 5.89. The average molecular weight is 339 g/mol. The van der Waals surface area contributed by atoms with Crippen LogP contribution in [-0.2, 0) is 4.74 Å². The first-order valence-electron chi connectivity index (χ1n) is 8.39. The summed E-state index contributed by atoms with van der Waals surface area (Å²) in [7, 11) is 4.04. The molecule has 1 aromatic rings. The number of rotatable bonds is 6. The Morgan fingerprint density at radius 2 is 2.04 bits per heavy atom. The van der Waals surface area contributed by atoms with E-state index in [1.807, 2.05) is 31.4 Å². The molecule has 2 fully saturated rings. The van der Waals surface area contributed by atoms with E-state index in [4.69, 9.17) is 21.1 Å². The Morgan fingerprint density at radius 1 is 1.26 bits per heavy atom. The molecule has 5 heteroatoms. The highest BCUT2D eigenvalue weighted by molar-refractivity contribution is 6.30. The summed E-state index contributed by atoms with van der Waals surface area (Å²) < 4.78 is 11.3. The van der Waals surface area contributed by atoms with Crippen LogP contribution in [0, 0.1) is 11.3 Å². The van der Waals surface area contributed by atoms with Crippen molar-refractivity contribution < 1.29 is 9.47 Å². The number of ether oxygens (including phenoxy) is 2. The normalized spacial score (nSPS) is 28.7. The molecule has 1 spiro atoms. The third-order valence-corrected chi connectivity index (χ3v) is 5.56. The second kappa shape index (κ2) is 7.39. The molecule has 0 unspecified atom stereocenters. The molecule has 0 bridgehead atoms. The number of benzene rings is 1. The van der Waals surface area contributed by atoms with Crippen molar-refractivity contribution in [1.29, 1.82) is 0 Å². The molecule has 0 radical (unpaired) electrons. The van der Waals surface area contributed by atoms with Gasteiger partial charge in [0.2, 0.25) is 0 Å². The number of nitrogens with zero attached hydrogens (tertiary/aromatic N) is 2. The van der Waals surface area contributed by atoms with Gasteiger partial charge in [-0.1, -0.05) is 11.6 Å². The molecule has 128 valence electrons. The lowest BCUT2D eigenvalue weighted by molar-refractivity contribution is 0.0950. The fourth-order valence-electron chi connectivity index (χ4n) is 4.19. The van der Waals surface area contributed by atoms with E-state index in [0.29, 0.717) is 11.3 Å². The van der Waals surface area contributed by atoms with E-state index in [0.717, 1.165) is 50.2 Å². The number of hydrogen-bond donors (Lipinski definition) is 0. The SMILES string of the molecule is COC[C@H]1CN(C)C[C@]12CCN(CCOc1ccc(Cl)cc1)C2. The number of hydrogen-bond acceptors (Lipinski definition) is 4. The Morgan fingerprint density at radius 3 is 2.78 bits per heavy atom. The highest BCUT2D eigenvalue weighted by atomic mass is 35.5. The van der Waals surface area contributed by atoms with Gasteiger partial charge in [0, 0.05) is 49.6 Å². The van der Waals surface area contributed by atoms with Gasteiger partial charge in [0.15, 0.2) is 0 Å². The van der Waals surface area contributed by atoms with Gasteiger partial charge >= 0.3 is 0 Å². The lowest BCUT2D eigenvalue weighted by Crippen LogP contribution is -2.37. The van der Waals surface area contributed by atoms with E-state index in [1.165, 1.54) is 13.0 Å². The first-order chi connectivity index (χ1) is 11.1. The number of methoxy groups -OCH3 is 1. The predicted molar refractivity (Wildman–Crippen MR) is 93.3 cm³/mol. The zero-order valence-electron chi connectivity index (χ0n) is 14.1. The van der Waals surface area contributed by atoms with Gasteiger partial charge in [0.1, 0.15) is 12.4 Å². The lowest BCUT2D eigenvalue weighted by atomic mass is 9.78. The van der Waals surface area contributed by atoms with E-state index in [2.05, 4.69) is 16.8 Å². The smallest absolute Gasteiger partial charge is 0.119 e. The Bertz CT molecular complexity index is 510. The molecule has 23 heavy (non-hydrogen) atoms. The minimum Gasteiger partial charge on any atom is -0.492 e. The van der Waals surface area contributed by atoms with E-state index >= 15 is 0 Å². The molecule has 0 aliphatic carbocycles. The van der Waals surface area contributed by atoms with Crippen molar-refractivity contribution in [3.8, 4) is 5.75 Å². The van der Waals surface area contributed by atoms with Crippen molar-refractivity contribution in [2.45, 2.75) is 6.42 Å². The van der Waals surface area contributed by atoms with Crippen LogP contribution in [0.25, 0.3) is 0 Å². The molecule has 3 rings (SSSR count). The Balaban J connectivity index is 1.48. The van der Waals surface area contributed by atoms with Crippen LogP contribution >= 0.6 is 11.6 Å². The first-order valence-corrected chi connectivity index (χ1v) is 8.77. The van der Waals surface area contributed by atoms with Crippen LogP contribution in [-0.4, -0.2) is 69.9 Å². The Hall–Kier alpha value is -0.810. The van der Waals surface area contributed by atoms with Gasteiger partial charge in [-0.05, 0) is 44.3 Å². The largest absolute Gasteiger partial charge is 0.492 e. The zero-order valence-corrected chi connectivity index (χ0v) is 14.9. The molecule has 2 aliphatic heterocycles. The summed E-state index contributed by atoms with van der Waals surface area (Å²) in [6.07, 6.45) is 1.27. The highest BCUT2D eigenvalue weighted by Gasteiger charge is 2.49. The van der Waals surface area contributed by atoms with Gasteiger partial charge in [0.05, 0.1) is 6.61 Å². The third kappa shape index (κ3) is 4.00. The van der Waals surface area contributed by atoms with E-state index < -0.39 is 0 Å². The second-order valence-electron chi connectivity index (χ2n) is 7.04. The van der Waals surface area contributed by atoms with Gasteiger partial charge in [-0.3, -0.25) is 4.90 Å². The maximum Gasteiger partial charge on any atom is 0.119 e. The lowest BCUT2D eigenvalue weighted by Gasteiger charge is -2.30. The van der Waals surface area contributed by atoms with Crippen LogP contribution in [0.1, 0.15) is 6.42 Å². The Labute approximate surface area is 144 Å². The van der Waals surface area contributed by atoms with Crippen LogP contribution in [0.15, 0.2) is 24.3 Å². The molecule has 2 aliphatic rings. The molecule has 0 N–H and O–H groups in total. The van der Waals surface area contributed by atoms with Crippen molar-refractivity contribution in [3.63, 3.8) is 0 Å². The molecule has 0 saturated carbocycles. The van der Waals surface area contributed by atoms with Gasteiger partial charge in [-0.15, -0.1) is 0 Å². The van der Waals surface area contributed by atoms with Crippen LogP contribution in [0.4, 0.5) is 0 Å². The second-order valence-corrected chi connectivity index (χ2v) is 7.48. The van der Waals surface area contributed by atoms with E-state index in [1.54, 1.807) is 0 Å². The molecule has 0 amide bonds. The van der Waals surface area contributed by atoms with Gasteiger partial charge in [-0.2, -0.15) is 0 Å². The fraction of sp³-hybridized carbons (Fsp3) is 0.667. The monoisotopic (exact) mass is 338 g/mol. The number of likely N-dealkylation sites (tertiary alicyclic amines) is 2. The van der Waals surface area contributed by atoms with Crippen molar-refractivity contribution in [2.24, 2.45) is 11.3 Å². The van der Waals surface area contributed by atoms with E-state index in [-0.39, 0.29) is 0 Å². The maximum atomic E-state index is 5.89. The predicted octanol–water partition coefficient (Wildman–Crippen LogP) is 2.62. The minimum atomic E-state index is 0.408. The summed E-state index contributed by atoms with van der Waals surface area (Å²) in [4.78, 5) is 5.00. The minimum absolute atomic E-state index is 0.408. The van der Waals surface area contributed by atoms with Gasteiger partial charge in [-0.25, -0.2) is 0 Å². The molecule has 2 saturated heterocycles. The molecular formula is C18H27ClN2O2. The summed E-state index contributed by atoms with van der Waals surface area (Å²) in [6.45, 7) is 7.25. The number of halogens is 1. The quantitative estimate of drug-likeness (QED) is 0.796. The molecule has 1 aromatic carbocycles. The zero-order chi connectivity index (χ0) is 16.3. The molecule has 0 aromatic heterocycles. The summed E-state index contributed by atoms with van der Waals surface area (Å²) in [6, 6.07) is 7.58. The third-order valence-electron chi connectivity index (χ3n) is 5.31. The van der Waals surface area contributed by atoms with Gasteiger partial charge in [0.25, 0.3) is 0 Å². The fourth-order valence-corrected chi connectivity index (χ4v) is 4.32. The molecular weight excluding hydrogens is 312 g/mol. The van der Waals surface area contributed by atoms with Crippen LogP contribution in [0.2, 0.25) is 5.02 Å². The van der Waals surface area contributed by atoms with Crippen molar-refractivity contribution >= 4 is 11.6 Å². The molecule has 2 atom stereocenters. The molecule has 2 heterocycles. The van der Waals surface area contributed by atoms with Crippen molar-refractivity contribution in [1.82, 2.24) is 9.80 Å². The summed E-state index contributed by atoms with van der Waals surface area (Å²) in [5.74, 6) is 1.54. The standard InChI is InChI=1S/C18H27ClN2O2/c1-20-11-15(12-22-2)18(13-20)7-8-21(14-18)9-10-23-17-5-3-16(19)4-6-17/h3-6,15H,7-14H2,1-2H3/t15-,18+/m1/s1. The first kappa shape index (κ1) is 17.0. The van der Waals surface area contributed by atoms with Crippen molar-refractivity contribution in [3.05, 3.63) is 29.3 Å². The summed E-state index contributed by atoms with van der Waals surface area (Å²) in [5, 5.41) is 0.744. The molecule has 4 nitrogen and oxygen atoms in total. The topological polar surface area (TPSA) is 24.9 Å². The van der Waals surface area contributed by atoms with Gasteiger partial charge < -0.3 is 14.4 Å². The average Bonchev–Trinajstić information content (AvgIpc) is 3.06. The van der Waals surface area contributed by atoms with E-state index in [9.17, 15) is 0 Å². The van der Waals surface area contributed by atoms with Crippen LogP contribution in [0.5, 0.6) is 5.75 Å².